The summed E-state index contributed by atoms with van der Waals surface area (Å²) in [4.78, 5) is 7.24. The molecule has 0 saturated carbocycles. The molecule has 102 valence electrons. The molecule has 2 heterocycles. The average molecular weight is 347 g/mol. The second-order valence-corrected chi connectivity index (χ2v) is 7.91. The number of hydrogen-bond donors (Lipinski definition) is 1. The molecule has 0 bridgehead atoms. The Labute approximate surface area is 118 Å². The number of fused-ring (bicyclic) bond motifs is 1. The van der Waals surface area contributed by atoms with E-state index in [-0.39, 0.29) is 5.75 Å². The molecule has 0 spiro atoms. The van der Waals surface area contributed by atoms with Gasteiger partial charge in [-0.1, -0.05) is 6.42 Å². The van der Waals surface area contributed by atoms with Crippen LogP contribution in [0.25, 0.3) is 11.0 Å². The quantitative estimate of drug-likeness (QED) is 0.862. The summed E-state index contributed by atoms with van der Waals surface area (Å²) in [6.07, 6.45) is 2.16. The molecule has 1 atom stereocenters. The lowest BCUT2D eigenvalue weighted by atomic mass is 10.2. The van der Waals surface area contributed by atoms with Crippen molar-refractivity contribution in [2.75, 3.05) is 5.75 Å². The fourth-order valence-electron chi connectivity index (χ4n) is 2.44. The van der Waals surface area contributed by atoms with E-state index in [1.54, 1.807) is 6.07 Å². The Balaban J connectivity index is 2.10. The number of benzene rings is 1. The molecule has 1 N–H and O–H groups in total. The molecule has 1 aliphatic heterocycles. The standard InChI is InChI=1S/C12H12BrFN2O2S/c13-7-5-9-10(6-8(7)14)16-12(15-9)11-3-1-2-4-19(11,17)18/h5-6,11H,1-4H2,(H,15,16). The molecule has 1 unspecified atom stereocenters. The molecule has 4 nitrogen and oxygen atoms in total. The van der Waals surface area contributed by atoms with Crippen LogP contribution in [0.15, 0.2) is 16.6 Å². The van der Waals surface area contributed by atoms with Gasteiger partial charge >= 0.3 is 0 Å². The largest absolute Gasteiger partial charge is 0.341 e. The third kappa shape index (κ3) is 2.29. The van der Waals surface area contributed by atoms with Crippen molar-refractivity contribution in [2.24, 2.45) is 0 Å². The van der Waals surface area contributed by atoms with Gasteiger partial charge in [0.25, 0.3) is 0 Å². The van der Waals surface area contributed by atoms with E-state index in [1.807, 2.05) is 0 Å². The Bertz CT molecular complexity index is 703. The first-order chi connectivity index (χ1) is 8.97. The van der Waals surface area contributed by atoms with Crippen molar-refractivity contribution < 1.29 is 12.8 Å². The summed E-state index contributed by atoms with van der Waals surface area (Å²) < 4.78 is 37.9. The van der Waals surface area contributed by atoms with Crippen molar-refractivity contribution >= 4 is 36.8 Å². The summed E-state index contributed by atoms with van der Waals surface area (Å²) in [5.41, 5.74) is 1.10. The maximum absolute atomic E-state index is 13.4. The van der Waals surface area contributed by atoms with Crippen LogP contribution in [0.2, 0.25) is 0 Å². The minimum Gasteiger partial charge on any atom is -0.341 e. The van der Waals surface area contributed by atoms with E-state index < -0.39 is 20.9 Å². The van der Waals surface area contributed by atoms with E-state index in [1.165, 1.54) is 6.07 Å². The molecule has 7 heteroatoms. The van der Waals surface area contributed by atoms with Crippen LogP contribution in [0.4, 0.5) is 4.39 Å². The Hall–Kier alpha value is -0.950. The maximum Gasteiger partial charge on any atom is 0.160 e. The van der Waals surface area contributed by atoms with Crippen molar-refractivity contribution in [3.05, 3.63) is 28.2 Å². The number of sulfone groups is 1. The highest BCUT2D eigenvalue weighted by molar-refractivity contribution is 9.10. The van der Waals surface area contributed by atoms with Gasteiger partial charge in [-0.3, -0.25) is 0 Å². The van der Waals surface area contributed by atoms with Crippen molar-refractivity contribution in [2.45, 2.75) is 24.5 Å². The van der Waals surface area contributed by atoms with Gasteiger partial charge in [0.15, 0.2) is 9.84 Å². The van der Waals surface area contributed by atoms with Crippen LogP contribution in [0.5, 0.6) is 0 Å². The number of rotatable bonds is 1. The highest BCUT2D eigenvalue weighted by atomic mass is 79.9. The van der Waals surface area contributed by atoms with E-state index in [2.05, 4.69) is 25.9 Å². The zero-order valence-corrected chi connectivity index (χ0v) is 12.4. The maximum atomic E-state index is 13.4. The molecule has 3 rings (SSSR count). The van der Waals surface area contributed by atoms with Gasteiger partial charge in [0.05, 0.1) is 21.3 Å². The second kappa shape index (κ2) is 4.56. The number of hydrogen-bond acceptors (Lipinski definition) is 3. The van der Waals surface area contributed by atoms with Gasteiger partial charge in [0, 0.05) is 6.07 Å². The molecule has 2 aromatic rings. The zero-order chi connectivity index (χ0) is 13.6. The minimum absolute atomic E-state index is 0.201. The highest BCUT2D eigenvalue weighted by Gasteiger charge is 2.32. The molecule has 1 aromatic heterocycles. The number of halogens is 2. The molecular formula is C12H12BrFN2O2S. The van der Waals surface area contributed by atoms with Crippen molar-refractivity contribution in [1.82, 2.24) is 9.97 Å². The SMILES string of the molecule is O=S1(=O)CCCCC1c1nc2cc(Br)c(F)cc2[nH]1. The van der Waals surface area contributed by atoms with E-state index in [0.717, 1.165) is 6.42 Å². The number of imidazole rings is 1. The Morgan fingerprint density at radius 1 is 1.37 bits per heavy atom. The van der Waals surface area contributed by atoms with E-state index in [4.69, 9.17) is 0 Å². The molecule has 0 radical (unpaired) electrons. The normalized spacial score (nSPS) is 22.7. The summed E-state index contributed by atoms with van der Waals surface area (Å²) in [5, 5.41) is -0.588. The molecule has 1 aromatic carbocycles. The topological polar surface area (TPSA) is 62.8 Å². The Morgan fingerprint density at radius 3 is 2.89 bits per heavy atom. The predicted octanol–water partition coefficient (Wildman–Crippen LogP) is 3.10. The molecule has 19 heavy (non-hydrogen) atoms. The van der Waals surface area contributed by atoms with E-state index in [9.17, 15) is 12.8 Å². The van der Waals surface area contributed by atoms with Gasteiger partial charge in [-0.15, -0.1) is 0 Å². The summed E-state index contributed by atoms with van der Waals surface area (Å²) in [6, 6.07) is 2.88. The van der Waals surface area contributed by atoms with Crippen LogP contribution in [0.1, 0.15) is 30.3 Å². The van der Waals surface area contributed by atoms with E-state index >= 15 is 0 Å². The van der Waals surface area contributed by atoms with Gasteiger partial charge in [0.2, 0.25) is 0 Å². The van der Waals surface area contributed by atoms with Gasteiger partial charge in [-0.25, -0.2) is 17.8 Å². The van der Waals surface area contributed by atoms with Crippen LogP contribution >= 0.6 is 15.9 Å². The lowest BCUT2D eigenvalue weighted by molar-refractivity contribution is 0.540. The zero-order valence-electron chi connectivity index (χ0n) is 9.99. The smallest absolute Gasteiger partial charge is 0.160 e. The van der Waals surface area contributed by atoms with Gasteiger partial charge in [0.1, 0.15) is 16.9 Å². The monoisotopic (exact) mass is 346 g/mol. The number of nitrogens with zero attached hydrogens (tertiary/aromatic N) is 1. The van der Waals surface area contributed by atoms with Crippen LogP contribution in [0.3, 0.4) is 0 Å². The Morgan fingerprint density at radius 2 is 2.16 bits per heavy atom. The average Bonchev–Trinajstić information content (AvgIpc) is 2.71. The molecule has 1 aliphatic rings. The number of H-pyrrole nitrogens is 1. The van der Waals surface area contributed by atoms with Gasteiger partial charge in [-0.2, -0.15) is 0 Å². The molecule has 1 saturated heterocycles. The summed E-state index contributed by atoms with van der Waals surface area (Å²) in [7, 11) is -3.14. The molecule has 0 amide bonds. The highest BCUT2D eigenvalue weighted by Crippen LogP contribution is 2.33. The summed E-state index contributed by atoms with van der Waals surface area (Å²) in [6.45, 7) is 0. The van der Waals surface area contributed by atoms with Crippen molar-refractivity contribution in [3.63, 3.8) is 0 Å². The lowest BCUT2D eigenvalue weighted by Gasteiger charge is -2.19. The molecule has 0 aliphatic carbocycles. The Kier molecular flexibility index (Phi) is 3.13. The van der Waals surface area contributed by atoms with Crippen LogP contribution < -0.4 is 0 Å². The summed E-state index contributed by atoms with van der Waals surface area (Å²) >= 11 is 3.10. The number of aromatic amines is 1. The fraction of sp³-hybridized carbons (Fsp3) is 0.417. The van der Waals surface area contributed by atoms with Crippen molar-refractivity contribution in [3.8, 4) is 0 Å². The van der Waals surface area contributed by atoms with Crippen LogP contribution in [0, 0.1) is 5.82 Å². The van der Waals surface area contributed by atoms with Crippen LogP contribution in [-0.2, 0) is 9.84 Å². The lowest BCUT2D eigenvalue weighted by Crippen LogP contribution is -2.22. The summed E-state index contributed by atoms with van der Waals surface area (Å²) in [5.74, 6) is 0.230. The third-order valence-electron chi connectivity index (χ3n) is 3.43. The molecule has 1 fully saturated rings. The third-order valence-corrected chi connectivity index (χ3v) is 6.22. The number of nitrogens with one attached hydrogen (secondary N) is 1. The van der Waals surface area contributed by atoms with E-state index in [0.29, 0.717) is 34.2 Å². The fourth-order valence-corrected chi connectivity index (χ4v) is 4.64. The van der Waals surface area contributed by atoms with Crippen LogP contribution in [-0.4, -0.2) is 24.1 Å². The first-order valence-corrected chi connectivity index (χ1v) is 8.54. The van der Waals surface area contributed by atoms with Gasteiger partial charge in [-0.05, 0) is 34.8 Å². The number of aromatic nitrogens is 2. The first-order valence-electron chi connectivity index (χ1n) is 6.03. The molecular weight excluding hydrogens is 335 g/mol. The first kappa shape index (κ1) is 13.1. The minimum atomic E-state index is -3.14. The van der Waals surface area contributed by atoms with Crippen molar-refractivity contribution in [1.29, 1.82) is 0 Å². The second-order valence-electron chi connectivity index (χ2n) is 4.76. The van der Waals surface area contributed by atoms with Gasteiger partial charge < -0.3 is 4.98 Å². The predicted molar refractivity (Wildman–Crippen MR) is 74.1 cm³/mol.